The number of benzene rings is 2. The highest BCUT2D eigenvalue weighted by Gasteiger charge is 2.39. The maximum atomic E-state index is 12.6. The number of carbonyl (C=O) groups is 3. The summed E-state index contributed by atoms with van der Waals surface area (Å²) in [5.74, 6) is 0.264. The van der Waals surface area contributed by atoms with Gasteiger partial charge in [-0.15, -0.1) is 0 Å². The quantitative estimate of drug-likeness (QED) is 0.587. The van der Waals surface area contributed by atoms with Gasteiger partial charge in [-0.2, -0.15) is 0 Å². The summed E-state index contributed by atoms with van der Waals surface area (Å²) in [6, 6.07) is 12.6. The Labute approximate surface area is 172 Å². The Hall–Kier alpha value is -3.59. The smallest absolute Gasteiger partial charge is 0.325 e. The van der Waals surface area contributed by atoms with Gasteiger partial charge in [0, 0.05) is 6.54 Å². The van der Waals surface area contributed by atoms with Crippen molar-refractivity contribution in [2.45, 2.75) is 25.1 Å². The van der Waals surface area contributed by atoms with E-state index in [1.165, 1.54) is 0 Å². The van der Waals surface area contributed by atoms with Crippen molar-refractivity contribution in [3.8, 4) is 11.5 Å². The van der Waals surface area contributed by atoms with Crippen LogP contribution in [-0.2, 0) is 16.1 Å². The summed E-state index contributed by atoms with van der Waals surface area (Å²) in [4.78, 5) is 38.1. The number of amides is 4. The molecule has 2 aromatic rings. The van der Waals surface area contributed by atoms with Crippen LogP contribution in [0.2, 0.25) is 0 Å². The van der Waals surface area contributed by atoms with Crippen LogP contribution in [0.15, 0.2) is 48.5 Å². The van der Waals surface area contributed by atoms with E-state index >= 15 is 0 Å². The molecule has 0 saturated carbocycles. The van der Waals surface area contributed by atoms with Crippen LogP contribution >= 0.6 is 0 Å². The van der Waals surface area contributed by atoms with Gasteiger partial charge in [0.15, 0.2) is 11.5 Å². The van der Waals surface area contributed by atoms with Crippen LogP contribution in [0.3, 0.4) is 0 Å². The first-order chi connectivity index (χ1) is 14.5. The first-order valence-electron chi connectivity index (χ1n) is 9.51. The van der Waals surface area contributed by atoms with Crippen LogP contribution in [-0.4, -0.2) is 47.2 Å². The molecule has 156 valence electrons. The van der Waals surface area contributed by atoms with E-state index in [0.29, 0.717) is 22.6 Å². The van der Waals surface area contributed by atoms with Gasteiger partial charge in [-0.1, -0.05) is 36.4 Å². The van der Waals surface area contributed by atoms with Crippen molar-refractivity contribution in [2.24, 2.45) is 0 Å². The molecule has 2 aliphatic heterocycles. The minimum absolute atomic E-state index is 0.0125. The predicted molar refractivity (Wildman–Crippen MR) is 104 cm³/mol. The molecule has 2 heterocycles. The van der Waals surface area contributed by atoms with Gasteiger partial charge in [0.05, 0.1) is 19.1 Å². The summed E-state index contributed by atoms with van der Waals surface area (Å²) in [5.41, 5.74) is 1.39. The van der Waals surface area contributed by atoms with Crippen molar-refractivity contribution >= 4 is 17.8 Å². The van der Waals surface area contributed by atoms with Crippen LogP contribution in [0, 0.1) is 0 Å². The number of rotatable bonds is 7. The molecule has 4 amide bonds. The molecule has 30 heavy (non-hydrogen) atoms. The molecule has 0 aromatic heterocycles. The third kappa shape index (κ3) is 4.20. The van der Waals surface area contributed by atoms with Crippen molar-refractivity contribution in [3.05, 3.63) is 59.7 Å². The molecule has 0 unspecified atom stereocenters. The topological polar surface area (TPSA) is 117 Å². The average molecular weight is 411 g/mol. The van der Waals surface area contributed by atoms with Crippen LogP contribution in [0.4, 0.5) is 4.79 Å². The van der Waals surface area contributed by atoms with E-state index in [9.17, 15) is 19.5 Å². The molecule has 0 bridgehead atoms. The molecule has 3 N–H and O–H groups in total. The van der Waals surface area contributed by atoms with Gasteiger partial charge in [0.1, 0.15) is 6.04 Å². The number of aliphatic hydroxyl groups is 1. The fourth-order valence-corrected chi connectivity index (χ4v) is 3.35. The number of urea groups is 1. The third-order valence-electron chi connectivity index (χ3n) is 4.95. The number of aliphatic hydroxyl groups excluding tert-OH is 1. The number of nitrogens with one attached hydrogen (secondary N) is 2. The minimum Gasteiger partial charge on any atom is -0.454 e. The van der Waals surface area contributed by atoms with E-state index in [-0.39, 0.29) is 26.3 Å². The zero-order chi connectivity index (χ0) is 21.1. The van der Waals surface area contributed by atoms with Crippen molar-refractivity contribution in [2.75, 3.05) is 13.3 Å². The highest BCUT2D eigenvalue weighted by atomic mass is 16.7. The maximum Gasteiger partial charge on any atom is 0.325 e. The largest absolute Gasteiger partial charge is 0.454 e. The predicted octanol–water partition coefficient (Wildman–Crippen LogP) is 1.08. The first kappa shape index (κ1) is 19.7. The van der Waals surface area contributed by atoms with Crippen molar-refractivity contribution < 1.29 is 29.0 Å². The molecule has 1 saturated heterocycles. The van der Waals surface area contributed by atoms with Gasteiger partial charge < -0.3 is 25.2 Å². The van der Waals surface area contributed by atoms with Gasteiger partial charge in [-0.3, -0.25) is 14.5 Å². The summed E-state index contributed by atoms with van der Waals surface area (Å²) in [6.07, 6.45) is -1.06. The van der Waals surface area contributed by atoms with E-state index in [0.717, 1.165) is 4.90 Å². The molecular formula is C21H21N3O6. The van der Waals surface area contributed by atoms with Gasteiger partial charge in [-0.05, 0) is 23.3 Å². The Kier molecular flexibility index (Phi) is 5.53. The Morgan fingerprint density at radius 3 is 2.73 bits per heavy atom. The Morgan fingerprint density at radius 1 is 1.17 bits per heavy atom. The summed E-state index contributed by atoms with van der Waals surface area (Å²) < 4.78 is 10.6. The SMILES string of the molecule is O=C(C[C@H]1NC(=O)N(Cc2ccc3c(c2)OCO3)C1=O)NC[C@@H](O)c1ccccc1. The van der Waals surface area contributed by atoms with Crippen molar-refractivity contribution in [3.63, 3.8) is 0 Å². The standard InChI is InChI=1S/C21H21N3O6/c25-16(14-4-2-1-3-5-14)10-22-19(26)9-15-20(27)24(21(28)23-15)11-13-6-7-17-18(8-13)30-12-29-17/h1-8,15-16,25H,9-12H2,(H,22,26)(H,23,28)/t15-,16-/m1/s1. The second kappa shape index (κ2) is 8.42. The Bertz CT molecular complexity index is 964. The van der Waals surface area contributed by atoms with Gasteiger partial charge in [0.2, 0.25) is 12.7 Å². The molecule has 2 atom stereocenters. The fourth-order valence-electron chi connectivity index (χ4n) is 3.35. The zero-order valence-corrected chi connectivity index (χ0v) is 16.0. The van der Waals surface area contributed by atoms with Crippen molar-refractivity contribution in [1.29, 1.82) is 0 Å². The summed E-state index contributed by atoms with van der Waals surface area (Å²) in [7, 11) is 0. The van der Waals surface area contributed by atoms with Gasteiger partial charge >= 0.3 is 6.03 Å². The first-order valence-corrected chi connectivity index (χ1v) is 9.51. The van der Waals surface area contributed by atoms with Crippen LogP contribution in [0.5, 0.6) is 11.5 Å². The number of fused-ring (bicyclic) bond motifs is 1. The molecule has 9 heteroatoms. The fraction of sp³-hybridized carbons (Fsp3) is 0.286. The highest BCUT2D eigenvalue weighted by Crippen LogP contribution is 2.33. The lowest BCUT2D eigenvalue weighted by molar-refractivity contribution is -0.131. The van der Waals surface area contributed by atoms with E-state index in [1.54, 1.807) is 42.5 Å². The van der Waals surface area contributed by atoms with E-state index in [4.69, 9.17) is 9.47 Å². The number of ether oxygens (including phenoxy) is 2. The lowest BCUT2D eigenvalue weighted by Gasteiger charge is -2.14. The lowest BCUT2D eigenvalue weighted by atomic mass is 10.1. The van der Waals surface area contributed by atoms with E-state index in [1.807, 2.05) is 6.07 Å². The Morgan fingerprint density at radius 2 is 1.93 bits per heavy atom. The molecular weight excluding hydrogens is 390 g/mol. The summed E-state index contributed by atoms with van der Waals surface area (Å²) in [6.45, 7) is 0.211. The molecule has 2 aromatic carbocycles. The molecule has 0 spiro atoms. The number of hydrogen-bond donors (Lipinski definition) is 3. The minimum atomic E-state index is -0.944. The zero-order valence-electron chi connectivity index (χ0n) is 16.0. The van der Waals surface area contributed by atoms with Gasteiger partial charge in [0.25, 0.3) is 5.91 Å². The molecule has 4 rings (SSSR count). The molecule has 0 aliphatic carbocycles. The second-order valence-corrected chi connectivity index (χ2v) is 7.05. The molecule has 1 fully saturated rings. The molecule has 2 aliphatic rings. The summed E-state index contributed by atoms with van der Waals surface area (Å²) >= 11 is 0. The number of hydrogen-bond acceptors (Lipinski definition) is 6. The molecule has 9 nitrogen and oxygen atoms in total. The number of carbonyl (C=O) groups excluding carboxylic acids is 3. The summed E-state index contributed by atoms with van der Waals surface area (Å²) in [5, 5.41) is 15.2. The van der Waals surface area contributed by atoms with Crippen LogP contribution in [0.1, 0.15) is 23.7 Å². The van der Waals surface area contributed by atoms with Crippen LogP contribution in [0.25, 0.3) is 0 Å². The van der Waals surface area contributed by atoms with E-state index < -0.39 is 30.0 Å². The van der Waals surface area contributed by atoms with E-state index in [2.05, 4.69) is 10.6 Å². The number of nitrogens with zero attached hydrogens (tertiary/aromatic N) is 1. The van der Waals surface area contributed by atoms with Crippen LogP contribution < -0.4 is 20.1 Å². The lowest BCUT2D eigenvalue weighted by Crippen LogP contribution is -2.37. The second-order valence-electron chi connectivity index (χ2n) is 7.05. The molecule has 0 radical (unpaired) electrons. The highest BCUT2D eigenvalue weighted by molar-refractivity contribution is 6.05. The normalized spacial score (nSPS) is 18.3. The van der Waals surface area contributed by atoms with Crippen molar-refractivity contribution in [1.82, 2.24) is 15.5 Å². The third-order valence-corrected chi connectivity index (χ3v) is 4.95. The number of imide groups is 1. The maximum absolute atomic E-state index is 12.6. The Balaban J connectivity index is 1.30. The average Bonchev–Trinajstić information content (AvgIpc) is 3.32. The van der Waals surface area contributed by atoms with Gasteiger partial charge in [-0.25, -0.2) is 4.79 Å². The monoisotopic (exact) mass is 411 g/mol.